The van der Waals surface area contributed by atoms with E-state index < -0.39 is 11.5 Å². The predicted molar refractivity (Wildman–Crippen MR) is 132 cm³/mol. The Bertz CT molecular complexity index is 861. The van der Waals surface area contributed by atoms with E-state index >= 15 is 0 Å². The first-order valence-electron chi connectivity index (χ1n) is 11.7. The number of carbonyl (C=O) groups excluding carboxylic acids is 4. The molecule has 0 amide bonds. The molecular weight excluding hydrogens is 416 g/mol. The van der Waals surface area contributed by atoms with Gasteiger partial charge in [-0.15, -0.1) is 0 Å². The summed E-state index contributed by atoms with van der Waals surface area (Å²) in [7, 11) is 0. The number of Topliss-reactive ketones (excluding diaryl/α,β-unsaturated/α-hetero) is 3. The zero-order valence-corrected chi connectivity index (χ0v) is 22.1. The SMILES string of the molecule is CC1=CC(=O)CC(C)(C)C1=O.CC1=C[C@@H](C)CC(C)(C)C1=O.CC1=C[C@@H](O)CC(C)(C)C1=O. The molecule has 184 valence electrons. The molecule has 3 aliphatic rings. The van der Waals surface area contributed by atoms with Crippen LogP contribution in [0.3, 0.4) is 0 Å². The lowest BCUT2D eigenvalue weighted by Gasteiger charge is -2.30. The van der Waals surface area contributed by atoms with Crippen LogP contribution in [-0.2, 0) is 19.2 Å². The number of ketones is 4. The molecule has 0 aromatic carbocycles. The maximum Gasteiger partial charge on any atom is 0.164 e. The molecule has 0 aromatic rings. The number of hydrogen-bond donors (Lipinski definition) is 1. The van der Waals surface area contributed by atoms with Crippen LogP contribution < -0.4 is 0 Å². The Balaban J connectivity index is 0.000000247. The first-order valence-corrected chi connectivity index (χ1v) is 11.7. The molecule has 5 nitrogen and oxygen atoms in total. The Kier molecular flexibility index (Phi) is 9.12. The van der Waals surface area contributed by atoms with Gasteiger partial charge in [-0.1, -0.05) is 54.5 Å². The third-order valence-corrected chi connectivity index (χ3v) is 6.44. The molecule has 1 N–H and O–H groups in total. The van der Waals surface area contributed by atoms with E-state index in [1.165, 1.54) is 6.08 Å². The fourth-order valence-corrected chi connectivity index (χ4v) is 4.97. The summed E-state index contributed by atoms with van der Waals surface area (Å²) in [5.74, 6) is 1.19. The van der Waals surface area contributed by atoms with Gasteiger partial charge in [0.2, 0.25) is 0 Å². The third-order valence-electron chi connectivity index (χ3n) is 6.44. The highest BCUT2D eigenvalue weighted by molar-refractivity contribution is 6.10. The molecular formula is C28H42O5. The van der Waals surface area contributed by atoms with Crippen LogP contribution in [0.2, 0.25) is 0 Å². The van der Waals surface area contributed by atoms with Crippen molar-refractivity contribution in [1.82, 2.24) is 0 Å². The molecule has 0 spiro atoms. The van der Waals surface area contributed by atoms with Crippen LogP contribution in [-0.4, -0.2) is 34.3 Å². The van der Waals surface area contributed by atoms with E-state index in [4.69, 9.17) is 0 Å². The van der Waals surface area contributed by atoms with E-state index in [0.717, 1.165) is 12.0 Å². The van der Waals surface area contributed by atoms with Gasteiger partial charge in [0.1, 0.15) is 0 Å². The van der Waals surface area contributed by atoms with Gasteiger partial charge >= 0.3 is 0 Å². The van der Waals surface area contributed by atoms with Crippen LogP contribution in [0, 0.1) is 22.2 Å². The number of hydrogen-bond acceptors (Lipinski definition) is 5. The van der Waals surface area contributed by atoms with Crippen LogP contribution in [0.4, 0.5) is 0 Å². The maximum absolute atomic E-state index is 11.5. The summed E-state index contributed by atoms with van der Waals surface area (Å²) in [6.45, 7) is 19.0. The van der Waals surface area contributed by atoms with Gasteiger partial charge in [0, 0.05) is 22.7 Å². The van der Waals surface area contributed by atoms with E-state index in [0.29, 0.717) is 35.7 Å². The van der Waals surface area contributed by atoms with Crippen LogP contribution >= 0.6 is 0 Å². The van der Waals surface area contributed by atoms with Crippen LogP contribution in [0.25, 0.3) is 0 Å². The second kappa shape index (κ2) is 10.4. The Labute approximate surface area is 199 Å². The van der Waals surface area contributed by atoms with Gasteiger partial charge in [-0.25, -0.2) is 0 Å². The van der Waals surface area contributed by atoms with Gasteiger partial charge in [0.15, 0.2) is 23.1 Å². The highest BCUT2D eigenvalue weighted by atomic mass is 16.3. The summed E-state index contributed by atoms with van der Waals surface area (Å²) < 4.78 is 0. The van der Waals surface area contributed by atoms with Crippen molar-refractivity contribution in [2.45, 2.75) is 94.6 Å². The first-order chi connectivity index (χ1) is 14.8. The Morgan fingerprint density at radius 1 is 0.697 bits per heavy atom. The largest absolute Gasteiger partial charge is 0.389 e. The zero-order valence-electron chi connectivity index (χ0n) is 22.1. The summed E-state index contributed by atoms with van der Waals surface area (Å²) in [6.07, 6.45) is 6.59. The molecule has 5 heteroatoms. The minimum Gasteiger partial charge on any atom is -0.389 e. The minimum atomic E-state index is -0.476. The molecule has 0 aromatic heterocycles. The minimum absolute atomic E-state index is 0.0621. The molecule has 0 heterocycles. The topological polar surface area (TPSA) is 88.5 Å². The summed E-state index contributed by atoms with van der Waals surface area (Å²) in [5.41, 5.74) is 1.24. The molecule has 0 saturated carbocycles. The van der Waals surface area contributed by atoms with E-state index in [9.17, 15) is 24.3 Å². The van der Waals surface area contributed by atoms with Crippen LogP contribution in [0.15, 0.2) is 34.9 Å². The molecule has 0 fully saturated rings. The molecule has 2 atom stereocenters. The standard InChI is InChI=1S/C10H16O.C9H14O2.C9H12O2/c1-7-5-8(2)9(11)10(3,4)6-7;2*1-6-4-7(10)5-9(2,3)8(6)11/h5,7H,6H2,1-4H3;4,7,10H,5H2,1-3H3;4H,5H2,1-3H3/t2*7-;/m11./s1. The molecule has 0 aliphatic heterocycles. The van der Waals surface area contributed by atoms with E-state index in [-0.39, 0.29) is 28.2 Å². The van der Waals surface area contributed by atoms with Gasteiger partial charge in [-0.05, 0) is 68.4 Å². The average Bonchev–Trinajstić information content (AvgIpc) is 2.62. The quantitative estimate of drug-likeness (QED) is 0.528. The lowest BCUT2D eigenvalue weighted by atomic mass is 9.73. The Hall–Kier alpha value is -2.14. The first kappa shape index (κ1) is 28.9. The molecule has 0 unspecified atom stereocenters. The third kappa shape index (κ3) is 7.70. The fourth-order valence-electron chi connectivity index (χ4n) is 4.97. The monoisotopic (exact) mass is 458 g/mol. The molecule has 0 bridgehead atoms. The second-order valence-electron chi connectivity index (χ2n) is 11.8. The fraction of sp³-hybridized carbons (Fsp3) is 0.643. The maximum atomic E-state index is 11.5. The number of rotatable bonds is 0. The smallest absolute Gasteiger partial charge is 0.164 e. The van der Waals surface area contributed by atoms with Gasteiger partial charge in [-0.3, -0.25) is 19.2 Å². The zero-order chi connectivity index (χ0) is 25.9. The van der Waals surface area contributed by atoms with Crippen molar-refractivity contribution in [2.75, 3.05) is 0 Å². The van der Waals surface area contributed by atoms with Crippen molar-refractivity contribution in [3.05, 3.63) is 34.9 Å². The lowest BCUT2D eigenvalue weighted by molar-refractivity contribution is -0.129. The lowest BCUT2D eigenvalue weighted by Crippen LogP contribution is -2.33. The van der Waals surface area contributed by atoms with Crippen molar-refractivity contribution in [2.24, 2.45) is 22.2 Å². The predicted octanol–water partition coefficient (Wildman–Crippen LogP) is 5.36. The summed E-state index contributed by atoms with van der Waals surface area (Å²) in [6, 6.07) is 0. The summed E-state index contributed by atoms with van der Waals surface area (Å²) >= 11 is 0. The van der Waals surface area contributed by atoms with Crippen molar-refractivity contribution < 1.29 is 24.3 Å². The molecule has 3 rings (SSSR count). The molecule has 0 saturated heterocycles. The van der Waals surface area contributed by atoms with Crippen molar-refractivity contribution in [1.29, 1.82) is 0 Å². The number of allylic oxidation sites excluding steroid dienone is 5. The van der Waals surface area contributed by atoms with E-state index in [1.54, 1.807) is 19.9 Å². The van der Waals surface area contributed by atoms with Crippen LogP contribution in [0.1, 0.15) is 88.5 Å². The highest BCUT2D eigenvalue weighted by Crippen LogP contribution is 2.35. The Morgan fingerprint density at radius 3 is 1.55 bits per heavy atom. The van der Waals surface area contributed by atoms with Crippen molar-refractivity contribution >= 4 is 23.1 Å². The average molecular weight is 459 g/mol. The molecule has 33 heavy (non-hydrogen) atoms. The van der Waals surface area contributed by atoms with Crippen molar-refractivity contribution in [3.63, 3.8) is 0 Å². The number of aliphatic hydroxyl groups is 1. The number of carbonyl (C=O) groups is 4. The van der Waals surface area contributed by atoms with Gasteiger partial charge in [-0.2, -0.15) is 0 Å². The van der Waals surface area contributed by atoms with Gasteiger partial charge in [0.25, 0.3) is 0 Å². The normalized spacial score (nSPS) is 27.8. The van der Waals surface area contributed by atoms with Gasteiger partial charge in [0.05, 0.1) is 6.10 Å². The highest BCUT2D eigenvalue weighted by Gasteiger charge is 2.35. The van der Waals surface area contributed by atoms with Gasteiger partial charge < -0.3 is 5.11 Å². The van der Waals surface area contributed by atoms with Crippen LogP contribution in [0.5, 0.6) is 0 Å². The summed E-state index contributed by atoms with van der Waals surface area (Å²) in [5, 5.41) is 9.30. The second-order valence-corrected chi connectivity index (χ2v) is 11.8. The number of aliphatic hydroxyl groups excluding tert-OH is 1. The van der Waals surface area contributed by atoms with E-state index in [1.807, 2.05) is 48.5 Å². The Morgan fingerprint density at radius 2 is 1.12 bits per heavy atom. The molecule has 0 radical (unpaired) electrons. The molecule has 3 aliphatic carbocycles. The van der Waals surface area contributed by atoms with Crippen molar-refractivity contribution in [3.8, 4) is 0 Å². The van der Waals surface area contributed by atoms with E-state index in [2.05, 4.69) is 13.0 Å². The summed E-state index contributed by atoms with van der Waals surface area (Å²) in [4.78, 5) is 45.3.